The Morgan fingerprint density at radius 2 is 2.00 bits per heavy atom. The normalized spacial score (nSPS) is 17.9. The second-order valence-corrected chi connectivity index (χ2v) is 7.61. The third-order valence-corrected chi connectivity index (χ3v) is 6.14. The molecule has 5 nitrogen and oxygen atoms in total. The van der Waals surface area contributed by atoms with Crippen LogP contribution >= 0.6 is 11.8 Å². The molecule has 0 radical (unpaired) electrons. The van der Waals surface area contributed by atoms with Crippen molar-refractivity contribution in [2.24, 2.45) is 0 Å². The molecule has 2 aromatic rings. The van der Waals surface area contributed by atoms with E-state index in [1.807, 2.05) is 0 Å². The van der Waals surface area contributed by atoms with Crippen molar-refractivity contribution in [2.45, 2.75) is 4.90 Å². The van der Waals surface area contributed by atoms with Crippen molar-refractivity contribution in [1.29, 1.82) is 0 Å². The van der Waals surface area contributed by atoms with Crippen LogP contribution in [-0.2, 0) is 10.0 Å². The number of sulfonamides is 1. The standard InChI is InChI=1S/C12H15N3O2S2/c13-9-1-2-11-10(7-9)12(8-14-11)19(16,17)15-3-5-18-6-4-15/h1-2,7-8,14H,3-6,13H2. The van der Waals surface area contributed by atoms with Crippen LogP contribution in [0.2, 0.25) is 0 Å². The first kappa shape index (κ1) is 12.8. The number of thioether (sulfide) groups is 1. The highest BCUT2D eigenvalue weighted by Crippen LogP contribution is 2.28. The van der Waals surface area contributed by atoms with Crippen LogP contribution in [0.3, 0.4) is 0 Å². The Labute approximate surface area is 116 Å². The summed E-state index contributed by atoms with van der Waals surface area (Å²) in [5, 5.41) is 0.665. The van der Waals surface area contributed by atoms with Crippen molar-refractivity contribution in [1.82, 2.24) is 9.29 Å². The molecule has 3 N–H and O–H groups in total. The van der Waals surface area contributed by atoms with Crippen LogP contribution in [-0.4, -0.2) is 42.3 Å². The Hall–Kier alpha value is -1.18. The molecular weight excluding hydrogens is 282 g/mol. The van der Waals surface area contributed by atoms with Gasteiger partial charge in [-0.15, -0.1) is 0 Å². The molecule has 0 bridgehead atoms. The summed E-state index contributed by atoms with van der Waals surface area (Å²) in [6.45, 7) is 1.14. The molecule has 1 aliphatic heterocycles. The summed E-state index contributed by atoms with van der Waals surface area (Å²) < 4.78 is 26.8. The molecule has 0 atom stereocenters. The second kappa shape index (κ2) is 4.73. The molecule has 1 saturated heterocycles. The van der Waals surface area contributed by atoms with Crippen LogP contribution in [0.5, 0.6) is 0 Å². The molecule has 3 rings (SSSR count). The third-order valence-electron chi connectivity index (χ3n) is 3.26. The van der Waals surface area contributed by atoms with E-state index >= 15 is 0 Å². The summed E-state index contributed by atoms with van der Waals surface area (Å²) >= 11 is 1.78. The Balaban J connectivity index is 2.10. The molecule has 1 fully saturated rings. The Bertz CT molecular complexity index is 703. The van der Waals surface area contributed by atoms with Gasteiger partial charge in [-0.25, -0.2) is 8.42 Å². The van der Waals surface area contributed by atoms with Gasteiger partial charge in [0.15, 0.2) is 0 Å². The van der Waals surface area contributed by atoms with Crippen LogP contribution in [0.25, 0.3) is 10.9 Å². The number of nitrogen functional groups attached to an aromatic ring is 1. The second-order valence-electron chi connectivity index (χ2n) is 4.47. The fraction of sp³-hybridized carbons (Fsp3) is 0.333. The van der Waals surface area contributed by atoms with Gasteiger partial charge in [0.2, 0.25) is 10.0 Å². The van der Waals surface area contributed by atoms with E-state index in [-0.39, 0.29) is 0 Å². The lowest BCUT2D eigenvalue weighted by atomic mass is 10.2. The number of aromatic nitrogens is 1. The van der Waals surface area contributed by atoms with Crippen LogP contribution in [0.1, 0.15) is 0 Å². The highest BCUT2D eigenvalue weighted by Gasteiger charge is 2.28. The number of anilines is 1. The van der Waals surface area contributed by atoms with E-state index in [9.17, 15) is 8.42 Å². The molecule has 0 saturated carbocycles. The topological polar surface area (TPSA) is 79.2 Å². The van der Waals surface area contributed by atoms with Crippen molar-refractivity contribution < 1.29 is 8.42 Å². The highest BCUT2D eigenvalue weighted by atomic mass is 32.2. The third kappa shape index (κ3) is 2.22. The Morgan fingerprint density at radius 3 is 2.74 bits per heavy atom. The summed E-state index contributed by atoms with van der Waals surface area (Å²) in [7, 11) is -3.43. The monoisotopic (exact) mass is 297 g/mol. The quantitative estimate of drug-likeness (QED) is 0.823. The average molecular weight is 297 g/mol. The van der Waals surface area contributed by atoms with Gasteiger partial charge in [0.1, 0.15) is 4.90 Å². The number of hydrogen-bond acceptors (Lipinski definition) is 4. The van der Waals surface area contributed by atoms with Crippen molar-refractivity contribution in [2.75, 3.05) is 30.3 Å². The first-order valence-electron chi connectivity index (χ1n) is 6.03. The van der Waals surface area contributed by atoms with E-state index in [1.54, 1.807) is 40.5 Å². The van der Waals surface area contributed by atoms with Gasteiger partial charge in [-0.1, -0.05) is 0 Å². The fourth-order valence-corrected chi connectivity index (χ4v) is 4.98. The lowest BCUT2D eigenvalue weighted by Gasteiger charge is -2.25. The van der Waals surface area contributed by atoms with E-state index in [1.165, 1.54) is 0 Å². The molecular formula is C12H15N3O2S2. The van der Waals surface area contributed by atoms with Gasteiger partial charge in [0.05, 0.1) is 0 Å². The van der Waals surface area contributed by atoms with Gasteiger partial charge in [-0.05, 0) is 18.2 Å². The zero-order valence-electron chi connectivity index (χ0n) is 10.3. The molecule has 102 valence electrons. The number of nitrogens with zero attached hydrogens (tertiary/aromatic N) is 1. The average Bonchev–Trinajstić information content (AvgIpc) is 2.83. The Morgan fingerprint density at radius 1 is 1.26 bits per heavy atom. The molecule has 2 heterocycles. The zero-order valence-corrected chi connectivity index (χ0v) is 11.9. The Kier molecular flexibility index (Phi) is 3.20. The molecule has 0 unspecified atom stereocenters. The summed E-state index contributed by atoms with van der Waals surface area (Å²) in [6, 6.07) is 5.26. The zero-order chi connectivity index (χ0) is 13.5. The number of H-pyrrole nitrogens is 1. The van der Waals surface area contributed by atoms with E-state index in [2.05, 4.69) is 4.98 Å². The number of aromatic amines is 1. The van der Waals surface area contributed by atoms with Gasteiger partial charge in [-0.2, -0.15) is 16.1 Å². The van der Waals surface area contributed by atoms with E-state index in [0.717, 1.165) is 17.0 Å². The number of rotatable bonds is 2. The van der Waals surface area contributed by atoms with Crippen LogP contribution in [0.4, 0.5) is 5.69 Å². The molecule has 0 aliphatic carbocycles. The summed E-state index contributed by atoms with van der Waals surface area (Å²) in [4.78, 5) is 3.32. The van der Waals surface area contributed by atoms with Crippen molar-refractivity contribution in [3.05, 3.63) is 24.4 Å². The minimum atomic E-state index is -3.43. The maximum Gasteiger partial charge on any atom is 0.245 e. The number of nitrogens with two attached hydrogens (primary N) is 1. The molecule has 19 heavy (non-hydrogen) atoms. The highest BCUT2D eigenvalue weighted by molar-refractivity contribution is 7.99. The molecule has 0 spiro atoms. The maximum atomic E-state index is 12.6. The lowest BCUT2D eigenvalue weighted by molar-refractivity contribution is 0.444. The number of benzene rings is 1. The van der Waals surface area contributed by atoms with Crippen LogP contribution in [0.15, 0.2) is 29.3 Å². The van der Waals surface area contributed by atoms with Gasteiger partial charge in [0.25, 0.3) is 0 Å². The lowest BCUT2D eigenvalue weighted by Crippen LogP contribution is -2.37. The van der Waals surface area contributed by atoms with E-state index in [0.29, 0.717) is 29.1 Å². The van der Waals surface area contributed by atoms with Gasteiger partial charge >= 0.3 is 0 Å². The SMILES string of the molecule is Nc1ccc2[nH]cc(S(=O)(=O)N3CCSCC3)c2c1. The van der Waals surface area contributed by atoms with Crippen molar-refractivity contribution in [3.8, 4) is 0 Å². The van der Waals surface area contributed by atoms with Crippen LogP contribution < -0.4 is 5.73 Å². The van der Waals surface area contributed by atoms with E-state index in [4.69, 9.17) is 5.73 Å². The molecule has 7 heteroatoms. The first-order valence-corrected chi connectivity index (χ1v) is 8.63. The molecule has 1 aromatic carbocycles. The number of hydrogen-bond donors (Lipinski definition) is 2. The van der Waals surface area contributed by atoms with Gasteiger partial charge < -0.3 is 10.7 Å². The van der Waals surface area contributed by atoms with Crippen molar-refractivity contribution >= 4 is 38.4 Å². The molecule has 1 aliphatic rings. The van der Waals surface area contributed by atoms with E-state index < -0.39 is 10.0 Å². The minimum Gasteiger partial charge on any atom is -0.399 e. The number of fused-ring (bicyclic) bond motifs is 1. The smallest absolute Gasteiger partial charge is 0.245 e. The number of nitrogens with one attached hydrogen (secondary N) is 1. The fourth-order valence-electron chi connectivity index (χ4n) is 2.25. The largest absolute Gasteiger partial charge is 0.399 e. The van der Waals surface area contributed by atoms with Gasteiger partial charge in [0, 0.05) is 47.4 Å². The summed E-state index contributed by atoms with van der Waals surface area (Å²) in [5.41, 5.74) is 7.11. The van der Waals surface area contributed by atoms with Crippen molar-refractivity contribution in [3.63, 3.8) is 0 Å². The van der Waals surface area contributed by atoms with Gasteiger partial charge in [-0.3, -0.25) is 0 Å². The predicted molar refractivity (Wildman–Crippen MR) is 78.8 cm³/mol. The maximum absolute atomic E-state index is 12.6. The first-order chi connectivity index (χ1) is 9.09. The summed E-state index contributed by atoms with van der Waals surface area (Å²) in [5.74, 6) is 1.70. The minimum absolute atomic E-state index is 0.321. The molecule has 0 amide bonds. The summed E-state index contributed by atoms with van der Waals surface area (Å²) in [6.07, 6.45) is 1.56. The predicted octanol–water partition coefficient (Wildman–Crippen LogP) is 1.49. The molecule has 1 aromatic heterocycles. The van der Waals surface area contributed by atoms with Crippen LogP contribution in [0, 0.1) is 0 Å².